The molecule has 0 radical (unpaired) electrons. The molecule has 1 saturated carbocycles. The number of benzene rings is 1. The summed E-state index contributed by atoms with van der Waals surface area (Å²) in [5.41, 5.74) is -3.68. The van der Waals surface area contributed by atoms with Gasteiger partial charge in [-0.3, -0.25) is 4.79 Å². The topological polar surface area (TPSA) is 58.6 Å². The lowest BCUT2D eigenvalue weighted by molar-refractivity contribution is -0.143. The maximum atomic E-state index is 13.1. The van der Waals surface area contributed by atoms with Crippen molar-refractivity contribution in [2.24, 2.45) is 0 Å². The van der Waals surface area contributed by atoms with E-state index in [4.69, 9.17) is 4.74 Å². The van der Waals surface area contributed by atoms with Crippen molar-refractivity contribution >= 4 is 11.7 Å². The van der Waals surface area contributed by atoms with Crippen molar-refractivity contribution in [3.8, 4) is 5.88 Å². The monoisotopic (exact) mass is 502 g/mol. The van der Waals surface area contributed by atoms with Gasteiger partial charge in [0, 0.05) is 37.8 Å². The van der Waals surface area contributed by atoms with Crippen LogP contribution < -0.4 is 9.64 Å². The lowest BCUT2D eigenvalue weighted by Crippen LogP contribution is -2.49. The zero-order chi connectivity index (χ0) is 25.2. The van der Waals surface area contributed by atoms with Gasteiger partial charge in [0.25, 0.3) is 5.91 Å². The summed E-state index contributed by atoms with van der Waals surface area (Å²) in [7, 11) is 0. The fourth-order valence-corrected chi connectivity index (χ4v) is 4.30. The number of ether oxygens (including phenoxy) is 1. The molecule has 0 atom stereocenters. The lowest BCUT2D eigenvalue weighted by atomic mass is 9.98. The van der Waals surface area contributed by atoms with Crippen LogP contribution >= 0.6 is 0 Å². The minimum absolute atomic E-state index is 0.00896. The van der Waals surface area contributed by atoms with Gasteiger partial charge in [0.05, 0.1) is 11.1 Å². The number of aromatic nitrogens is 2. The highest BCUT2D eigenvalue weighted by Gasteiger charge is 2.38. The molecule has 35 heavy (non-hydrogen) atoms. The Bertz CT molecular complexity index is 996. The molecule has 0 unspecified atom stereocenters. The molecule has 12 heteroatoms. The van der Waals surface area contributed by atoms with E-state index in [1.807, 2.05) is 4.90 Å². The Morgan fingerprint density at radius 2 is 1.43 bits per heavy atom. The minimum atomic E-state index is -5.01. The fraction of sp³-hybridized carbons (Fsp3) is 0.522. The van der Waals surface area contributed by atoms with E-state index in [0.29, 0.717) is 36.9 Å². The number of rotatable bonds is 4. The third-order valence-electron chi connectivity index (χ3n) is 6.19. The molecule has 6 nitrogen and oxygen atoms in total. The number of carbonyl (C=O) groups excluding carboxylic acids is 1. The third-order valence-corrected chi connectivity index (χ3v) is 6.19. The molecular formula is C23H24F6N4O2. The molecule has 2 fully saturated rings. The van der Waals surface area contributed by atoms with Crippen molar-refractivity contribution in [1.29, 1.82) is 0 Å². The molecule has 1 aliphatic carbocycles. The van der Waals surface area contributed by atoms with Gasteiger partial charge in [-0.25, -0.2) is 0 Å². The van der Waals surface area contributed by atoms with E-state index < -0.39 is 35.0 Å². The number of anilines is 1. The molecule has 2 aliphatic rings. The maximum absolute atomic E-state index is 13.1. The summed E-state index contributed by atoms with van der Waals surface area (Å²) in [6.45, 7) is 0.819. The second-order valence-electron chi connectivity index (χ2n) is 8.68. The Balaban J connectivity index is 1.40. The van der Waals surface area contributed by atoms with Crippen molar-refractivity contribution in [2.45, 2.75) is 50.6 Å². The normalized spacial score (nSPS) is 18.0. The molecule has 1 aliphatic heterocycles. The van der Waals surface area contributed by atoms with E-state index >= 15 is 0 Å². The molecular weight excluding hydrogens is 478 g/mol. The quantitative estimate of drug-likeness (QED) is 0.539. The highest BCUT2D eigenvalue weighted by atomic mass is 19.4. The van der Waals surface area contributed by atoms with Crippen LogP contribution in [0.5, 0.6) is 5.88 Å². The zero-order valence-electron chi connectivity index (χ0n) is 18.7. The van der Waals surface area contributed by atoms with Gasteiger partial charge >= 0.3 is 12.4 Å². The van der Waals surface area contributed by atoms with Crippen LogP contribution in [0.3, 0.4) is 0 Å². The fourth-order valence-electron chi connectivity index (χ4n) is 4.30. The summed E-state index contributed by atoms with van der Waals surface area (Å²) in [5, 5.41) is 8.28. The molecule has 2 heterocycles. The predicted octanol–water partition coefficient (Wildman–Crippen LogP) is 5.19. The molecule has 0 N–H and O–H groups in total. The van der Waals surface area contributed by atoms with Crippen LogP contribution in [0, 0.1) is 0 Å². The largest absolute Gasteiger partial charge is 0.473 e. The zero-order valence-corrected chi connectivity index (χ0v) is 18.7. The van der Waals surface area contributed by atoms with Crippen molar-refractivity contribution in [2.75, 3.05) is 31.1 Å². The molecule has 4 rings (SSSR count). The van der Waals surface area contributed by atoms with Crippen molar-refractivity contribution in [1.82, 2.24) is 15.1 Å². The molecule has 1 aromatic carbocycles. The van der Waals surface area contributed by atoms with E-state index in [1.165, 1.54) is 11.3 Å². The first-order valence-electron chi connectivity index (χ1n) is 11.3. The van der Waals surface area contributed by atoms with E-state index in [-0.39, 0.29) is 25.3 Å². The Kier molecular flexibility index (Phi) is 7.09. The maximum Gasteiger partial charge on any atom is 0.416 e. The molecule has 1 aromatic heterocycles. The van der Waals surface area contributed by atoms with Gasteiger partial charge in [-0.2, -0.15) is 26.3 Å². The van der Waals surface area contributed by atoms with Crippen LogP contribution in [-0.4, -0.2) is 53.3 Å². The molecule has 190 valence electrons. The highest BCUT2D eigenvalue weighted by Crippen LogP contribution is 2.36. The average molecular weight is 502 g/mol. The smallest absolute Gasteiger partial charge is 0.416 e. The van der Waals surface area contributed by atoms with Crippen LogP contribution in [0.25, 0.3) is 0 Å². The minimum Gasteiger partial charge on any atom is -0.473 e. The van der Waals surface area contributed by atoms with Gasteiger partial charge in [0.15, 0.2) is 5.82 Å². The van der Waals surface area contributed by atoms with Crippen LogP contribution in [0.2, 0.25) is 0 Å². The summed E-state index contributed by atoms with van der Waals surface area (Å²) in [6.07, 6.45) is -4.48. The summed E-state index contributed by atoms with van der Waals surface area (Å²) < 4.78 is 84.6. The second-order valence-corrected chi connectivity index (χ2v) is 8.68. The Morgan fingerprint density at radius 3 is 1.94 bits per heavy atom. The molecule has 0 spiro atoms. The van der Waals surface area contributed by atoms with Crippen LogP contribution in [0.15, 0.2) is 30.3 Å². The predicted molar refractivity (Wildman–Crippen MR) is 114 cm³/mol. The van der Waals surface area contributed by atoms with Crippen LogP contribution in [0.4, 0.5) is 32.2 Å². The number of nitrogens with zero attached hydrogens (tertiary/aromatic N) is 4. The van der Waals surface area contributed by atoms with Gasteiger partial charge in [0.2, 0.25) is 5.88 Å². The van der Waals surface area contributed by atoms with E-state index in [9.17, 15) is 31.1 Å². The van der Waals surface area contributed by atoms with Crippen molar-refractivity contribution < 1.29 is 35.9 Å². The number of alkyl halides is 6. The van der Waals surface area contributed by atoms with E-state index in [2.05, 4.69) is 10.2 Å². The number of carbonyl (C=O) groups is 1. The molecule has 2 aromatic rings. The number of hydrogen-bond donors (Lipinski definition) is 0. The van der Waals surface area contributed by atoms with Gasteiger partial charge in [-0.15, -0.1) is 10.2 Å². The average Bonchev–Trinajstić information content (AvgIpc) is 2.83. The van der Waals surface area contributed by atoms with Gasteiger partial charge < -0.3 is 14.5 Å². The second kappa shape index (κ2) is 9.90. The summed E-state index contributed by atoms with van der Waals surface area (Å²) >= 11 is 0. The van der Waals surface area contributed by atoms with Crippen molar-refractivity contribution in [3.63, 3.8) is 0 Å². The number of amides is 1. The van der Waals surface area contributed by atoms with Gasteiger partial charge in [-0.05, 0) is 49.9 Å². The first-order chi connectivity index (χ1) is 16.5. The van der Waals surface area contributed by atoms with Crippen LogP contribution in [0.1, 0.15) is 53.6 Å². The number of piperazine rings is 1. The third kappa shape index (κ3) is 6.15. The van der Waals surface area contributed by atoms with Gasteiger partial charge in [-0.1, -0.05) is 6.42 Å². The first-order valence-corrected chi connectivity index (χ1v) is 11.3. The summed E-state index contributed by atoms with van der Waals surface area (Å²) in [4.78, 5) is 15.8. The van der Waals surface area contributed by atoms with E-state index in [0.717, 1.165) is 25.7 Å². The Labute approximate surface area is 197 Å². The SMILES string of the molecule is O=C(c1cc(C(F)(F)F)cc(C(F)(F)F)c1)N1CCN(c2ccc(OC3CCCCC3)nn2)CC1. The molecule has 0 bridgehead atoms. The lowest BCUT2D eigenvalue weighted by Gasteiger charge is -2.35. The number of halogens is 6. The number of hydrogen-bond acceptors (Lipinski definition) is 5. The first kappa shape index (κ1) is 25.1. The van der Waals surface area contributed by atoms with Crippen molar-refractivity contribution in [3.05, 3.63) is 47.0 Å². The standard InChI is InChI=1S/C23H24F6N4O2/c24-22(25,26)16-12-15(13-17(14-16)23(27,28)29)21(34)33-10-8-32(9-11-33)19-6-7-20(31-30-19)35-18-4-2-1-3-5-18/h6-7,12-14,18H,1-5,8-11H2. The highest BCUT2D eigenvalue weighted by molar-refractivity contribution is 5.95. The summed E-state index contributed by atoms with van der Waals surface area (Å²) in [5.74, 6) is 0.0922. The Hall–Kier alpha value is -3.05. The summed E-state index contributed by atoms with van der Waals surface area (Å²) in [6, 6.07) is 4.39. The van der Waals surface area contributed by atoms with E-state index in [1.54, 1.807) is 12.1 Å². The van der Waals surface area contributed by atoms with Gasteiger partial charge in [0.1, 0.15) is 6.10 Å². The molecule has 1 saturated heterocycles. The molecule has 1 amide bonds. The van der Waals surface area contributed by atoms with Crippen LogP contribution in [-0.2, 0) is 12.4 Å². The Morgan fingerprint density at radius 1 is 0.829 bits per heavy atom.